The fraction of sp³-hybridized carbons (Fsp3) is 0.824. The summed E-state index contributed by atoms with van der Waals surface area (Å²) >= 11 is 0. The Bertz CT molecular complexity index is 421. The molecule has 2 unspecified atom stereocenters. The molecule has 0 radical (unpaired) electrons. The van der Waals surface area contributed by atoms with Crippen molar-refractivity contribution < 1.29 is 4.74 Å². The van der Waals surface area contributed by atoms with E-state index >= 15 is 0 Å². The summed E-state index contributed by atoms with van der Waals surface area (Å²) in [5.74, 6) is 0. The lowest BCUT2D eigenvalue weighted by molar-refractivity contribution is -0.0432. The van der Waals surface area contributed by atoms with E-state index in [1.54, 1.807) is 0 Å². The highest BCUT2D eigenvalue weighted by Crippen LogP contribution is 2.33. The molecule has 0 aromatic carbocycles. The molecule has 0 saturated heterocycles. The molecule has 1 saturated carbocycles. The van der Waals surface area contributed by atoms with Crippen molar-refractivity contribution in [2.24, 2.45) is 5.73 Å². The van der Waals surface area contributed by atoms with Crippen molar-refractivity contribution in [3.8, 4) is 0 Å². The number of aromatic nitrogens is 2. The van der Waals surface area contributed by atoms with E-state index in [-0.39, 0.29) is 11.6 Å². The minimum absolute atomic E-state index is 0.0286. The van der Waals surface area contributed by atoms with Crippen LogP contribution in [-0.4, -0.2) is 28.5 Å². The molecule has 1 aromatic heterocycles. The number of nitrogens with zero attached hydrogens (tertiary/aromatic N) is 2. The fourth-order valence-corrected chi connectivity index (χ4v) is 3.38. The summed E-state index contributed by atoms with van der Waals surface area (Å²) in [6, 6.07) is 2.58. The molecule has 0 bridgehead atoms. The highest BCUT2D eigenvalue weighted by Gasteiger charge is 2.37. The van der Waals surface area contributed by atoms with Gasteiger partial charge in [0.2, 0.25) is 0 Å². The first-order valence-electron chi connectivity index (χ1n) is 8.46. The first-order chi connectivity index (χ1) is 10.1. The molecule has 1 aliphatic carbocycles. The lowest BCUT2D eigenvalue weighted by Gasteiger charge is -2.37. The standard InChI is InChI=1S/C17H31N3O/c1-4-14(2)20-12-9-15(19-20)13-16(18)17(21-3)10-7-5-6-8-11-17/h9,12,14,16H,4-8,10-11,13,18H2,1-3H3. The van der Waals surface area contributed by atoms with Crippen molar-refractivity contribution in [1.82, 2.24) is 9.78 Å². The van der Waals surface area contributed by atoms with Gasteiger partial charge in [-0.1, -0.05) is 32.6 Å². The Morgan fingerprint density at radius 2 is 2.00 bits per heavy atom. The molecule has 2 N–H and O–H groups in total. The van der Waals surface area contributed by atoms with Crippen molar-refractivity contribution in [1.29, 1.82) is 0 Å². The van der Waals surface area contributed by atoms with E-state index in [1.165, 1.54) is 25.7 Å². The van der Waals surface area contributed by atoms with Crippen LogP contribution in [0.5, 0.6) is 0 Å². The maximum atomic E-state index is 6.54. The number of nitrogens with two attached hydrogens (primary N) is 1. The summed E-state index contributed by atoms with van der Waals surface area (Å²) in [4.78, 5) is 0. The zero-order chi connectivity index (χ0) is 15.3. The summed E-state index contributed by atoms with van der Waals surface area (Å²) in [6.45, 7) is 4.38. The highest BCUT2D eigenvalue weighted by molar-refractivity contribution is 5.06. The Morgan fingerprint density at radius 3 is 2.57 bits per heavy atom. The molecule has 1 heterocycles. The second-order valence-electron chi connectivity index (χ2n) is 6.54. The SMILES string of the molecule is CCC(C)n1ccc(CC(N)C2(OC)CCCCCC2)n1. The topological polar surface area (TPSA) is 53.1 Å². The van der Waals surface area contributed by atoms with Gasteiger partial charge in [-0.3, -0.25) is 4.68 Å². The summed E-state index contributed by atoms with van der Waals surface area (Å²) in [5, 5.41) is 4.69. The van der Waals surface area contributed by atoms with Gasteiger partial charge in [-0.05, 0) is 32.3 Å². The molecule has 0 spiro atoms. The monoisotopic (exact) mass is 293 g/mol. The van der Waals surface area contributed by atoms with Crippen LogP contribution < -0.4 is 5.73 Å². The van der Waals surface area contributed by atoms with Gasteiger partial charge in [0.05, 0.1) is 11.3 Å². The van der Waals surface area contributed by atoms with Crippen molar-refractivity contribution in [2.45, 2.75) is 82.9 Å². The Labute approximate surface area is 129 Å². The van der Waals surface area contributed by atoms with Crippen LogP contribution in [0.25, 0.3) is 0 Å². The van der Waals surface area contributed by atoms with Gasteiger partial charge in [0.25, 0.3) is 0 Å². The summed E-state index contributed by atoms with van der Waals surface area (Å²) in [5.41, 5.74) is 7.47. The third-order valence-electron chi connectivity index (χ3n) is 5.17. The molecule has 0 aliphatic heterocycles. The third kappa shape index (κ3) is 3.86. The number of ether oxygens (including phenoxy) is 1. The van der Waals surface area contributed by atoms with Crippen LogP contribution >= 0.6 is 0 Å². The normalized spacial score (nSPS) is 21.7. The maximum absolute atomic E-state index is 6.54. The molecule has 21 heavy (non-hydrogen) atoms. The Kier molecular flexibility index (Phi) is 5.82. The lowest BCUT2D eigenvalue weighted by Crippen LogP contribution is -2.50. The zero-order valence-electron chi connectivity index (χ0n) is 13.8. The van der Waals surface area contributed by atoms with Gasteiger partial charge in [-0.25, -0.2) is 0 Å². The first-order valence-corrected chi connectivity index (χ1v) is 8.46. The van der Waals surface area contributed by atoms with Gasteiger partial charge < -0.3 is 10.5 Å². The Balaban J connectivity index is 2.04. The number of methoxy groups -OCH3 is 1. The second kappa shape index (κ2) is 7.41. The van der Waals surface area contributed by atoms with Crippen molar-refractivity contribution >= 4 is 0 Å². The highest BCUT2D eigenvalue weighted by atomic mass is 16.5. The van der Waals surface area contributed by atoms with E-state index in [4.69, 9.17) is 10.5 Å². The predicted octanol–water partition coefficient (Wildman–Crippen LogP) is 3.46. The van der Waals surface area contributed by atoms with E-state index in [2.05, 4.69) is 35.9 Å². The lowest BCUT2D eigenvalue weighted by atomic mass is 9.84. The first kappa shape index (κ1) is 16.5. The van der Waals surface area contributed by atoms with Gasteiger partial charge in [-0.2, -0.15) is 5.10 Å². The molecule has 1 aromatic rings. The van der Waals surface area contributed by atoms with Gasteiger partial charge in [0.15, 0.2) is 0 Å². The minimum atomic E-state index is -0.156. The van der Waals surface area contributed by atoms with E-state index in [9.17, 15) is 0 Å². The van der Waals surface area contributed by atoms with E-state index < -0.39 is 0 Å². The zero-order valence-corrected chi connectivity index (χ0v) is 13.8. The fourth-order valence-electron chi connectivity index (χ4n) is 3.38. The number of hydrogen-bond acceptors (Lipinski definition) is 3. The van der Waals surface area contributed by atoms with Crippen molar-refractivity contribution in [3.05, 3.63) is 18.0 Å². The van der Waals surface area contributed by atoms with Gasteiger partial charge >= 0.3 is 0 Å². The summed E-state index contributed by atoms with van der Waals surface area (Å²) in [6.07, 6.45) is 11.2. The van der Waals surface area contributed by atoms with Crippen molar-refractivity contribution in [3.63, 3.8) is 0 Å². The van der Waals surface area contributed by atoms with Gasteiger partial charge in [0, 0.05) is 31.8 Å². The van der Waals surface area contributed by atoms with Crippen LogP contribution in [0.1, 0.15) is 70.5 Å². The molecule has 4 heteroatoms. The van der Waals surface area contributed by atoms with Crippen LogP contribution in [0.15, 0.2) is 12.3 Å². The van der Waals surface area contributed by atoms with Crippen LogP contribution in [0.2, 0.25) is 0 Å². The van der Waals surface area contributed by atoms with Crippen LogP contribution in [0.3, 0.4) is 0 Å². The molecule has 1 fully saturated rings. The number of rotatable bonds is 6. The molecule has 2 rings (SSSR count). The Hall–Kier alpha value is -0.870. The molecule has 2 atom stereocenters. The predicted molar refractivity (Wildman–Crippen MR) is 86.4 cm³/mol. The van der Waals surface area contributed by atoms with Crippen LogP contribution in [0.4, 0.5) is 0 Å². The molecular formula is C17H31N3O. The average Bonchev–Trinajstić information content (AvgIpc) is 2.82. The van der Waals surface area contributed by atoms with Crippen LogP contribution in [0, 0.1) is 0 Å². The summed E-state index contributed by atoms with van der Waals surface area (Å²) < 4.78 is 7.96. The molecule has 120 valence electrons. The Morgan fingerprint density at radius 1 is 1.33 bits per heavy atom. The van der Waals surface area contributed by atoms with E-state index in [1.807, 2.05) is 7.11 Å². The second-order valence-corrected chi connectivity index (χ2v) is 6.54. The van der Waals surface area contributed by atoms with Gasteiger partial charge in [0.1, 0.15) is 0 Å². The van der Waals surface area contributed by atoms with Crippen molar-refractivity contribution in [2.75, 3.05) is 7.11 Å². The maximum Gasteiger partial charge on any atom is 0.0832 e. The smallest absolute Gasteiger partial charge is 0.0832 e. The van der Waals surface area contributed by atoms with Crippen LogP contribution in [-0.2, 0) is 11.2 Å². The van der Waals surface area contributed by atoms with Gasteiger partial charge in [-0.15, -0.1) is 0 Å². The average molecular weight is 293 g/mol. The largest absolute Gasteiger partial charge is 0.377 e. The molecule has 4 nitrogen and oxygen atoms in total. The number of hydrogen-bond donors (Lipinski definition) is 1. The quantitative estimate of drug-likeness (QED) is 0.817. The van der Waals surface area contributed by atoms with E-state index in [0.29, 0.717) is 6.04 Å². The molecular weight excluding hydrogens is 262 g/mol. The summed E-state index contributed by atoms with van der Waals surface area (Å²) in [7, 11) is 1.82. The third-order valence-corrected chi connectivity index (χ3v) is 5.17. The molecule has 1 aliphatic rings. The molecule has 0 amide bonds. The van der Waals surface area contributed by atoms with E-state index in [0.717, 1.165) is 31.4 Å². The minimum Gasteiger partial charge on any atom is -0.377 e.